The van der Waals surface area contributed by atoms with Crippen LogP contribution in [-0.2, 0) is 39.3 Å². The molecule has 204 valence electrons. The van der Waals surface area contributed by atoms with Crippen molar-refractivity contribution >= 4 is 22.0 Å². The minimum atomic E-state index is -4.10. The van der Waals surface area contributed by atoms with Gasteiger partial charge in [-0.2, -0.15) is 13.6 Å². The largest absolute Gasteiger partial charge is 0.380 e. The standard InChI is InChI=1S/C28H36N4O5S/c1-4-17-9-23-18(11-25(17)37-38(29,35)36)5-6-22-21(23)7-8-28(3)24(22)10-19(27(28)34)12-26(33)32-15-20-14-30-16(2)13-31-20/h9,11,13-14,19,21-22,24H,4-8,10,12,15H2,1-3H3,(H,32,33)(H2,29,35,36)/t19?,21?,22?,24?,28-/m0/s1. The Bertz CT molecular complexity index is 1360. The van der Waals surface area contributed by atoms with Crippen LogP contribution in [-0.4, -0.2) is 30.1 Å². The van der Waals surface area contributed by atoms with Crippen LogP contribution in [0.5, 0.6) is 5.75 Å². The van der Waals surface area contributed by atoms with Gasteiger partial charge in [0.05, 0.1) is 24.1 Å². The van der Waals surface area contributed by atoms with E-state index >= 15 is 0 Å². The average Bonchev–Trinajstić information content (AvgIpc) is 3.12. The second kappa shape index (κ2) is 10.0. The summed E-state index contributed by atoms with van der Waals surface area (Å²) in [5.41, 5.74) is 4.27. The van der Waals surface area contributed by atoms with Crippen molar-refractivity contribution in [3.63, 3.8) is 0 Å². The van der Waals surface area contributed by atoms with Gasteiger partial charge in [0.15, 0.2) is 0 Å². The van der Waals surface area contributed by atoms with Crippen molar-refractivity contribution in [2.45, 2.75) is 78.2 Å². The Morgan fingerprint density at radius 2 is 2.03 bits per heavy atom. The fourth-order valence-corrected chi connectivity index (χ4v) is 7.64. The van der Waals surface area contributed by atoms with E-state index in [2.05, 4.69) is 28.3 Å². The molecular weight excluding hydrogens is 504 g/mol. The van der Waals surface area contributed by atoms with Crippen molar-refractivity contribution in [1.82, 2.24) is 15.3 Å². The molecule has 5 atom stereocenters. The van der Waals surface area contributed by atoms with Crippen molar-refractivity contribution in [3.05, 3.63) is 52.6 Å². The number of amides is 1. The van der Waals surface area contributed by atoms with Gasteiger partial charge in [0.25, 0.3) is 0 Å². The number of hydrogen-bond donors (Lipinski definition) is 2. The molecule has 1 aromatic heterocycles. The minimum Gasteiger partial charge on any atom is -0.371 e. The summed E-state index contributed by atoms with van der Waals surface area (Å²) in [4.78, 5) is 34.9. The Balaban J connectivity index is 1.31. The molecule has 4 unspecified atom stereocenters. The van der Waals surface area contributed by atoms with E-state index in [1.54, 1.807) is 12.4 Å². The van der Waals surface area contributed by atoms with Crippen LogP contribution >= 0.6 is 0 Å². The van der Waals surface area contributed by atoms with E-state index in [0.717, 1.165) is 48.9 Å². The normalized spacial score (nSPS) is 28.3. The lowest BCUT2D eigenvalue weighted by Crippen LogP contribution is -2.42. The lowest BCUT2D eigenvalue weighted by atomic mass is 9.55. The van der Waals surface area contributed by atoms with Crippen molar-refractivity contribution in [1.29, 1.82) is 0 Å². The molecule has 3 aliphatic carbocycles. The Labute approximate surface area is 224 Å². The SMILES string of the molecule is CCc1cc2c(cc1OS(N)(=O)=O)CCC1C2CC[C@]2(C)C(=O)C(CC(=O)NCc3cnc(C)cn3)CC12. The Morgan fingerprint density at radius 1 is 1.24 bits per heavy atom. The molecule has 0 spiro atoms. The smallest absolute Gasteiger partial charge is 0.371 e. The summed E-state index contributed by atoms with van der Waals surface area (Å²) >= 11 is 0. The zero-order valence-electron chi connectivity index (χ0n) is 22.2. The summed E-state index contributed by atoms with van der Waals surface area (Å²) < 4.78 is 28.2. The fraction of sp³-hybridized carbons (Fsp3) is 0.571. The van der Waals surface area contributed by atoms with Crippen LogP contribution in [0, 0.1) is 30.1 Å². The van der Waals surface area contributed by atoms with Gasteiger partial charge in [-0.25, -0.2) is 0 Å². The molecule has 10 heteroatoms. The molecule has 0 aliphatic heterocycles. The molecule has 5 rings (SSSR count). The van der Waals surface area contributed by atoms with Gasteiger partial charge in [-0.3, -0.25) is 19.6 Å². The fourth-order valence-electron chi connectivity index (χ4n) is 7.24. The topological polar surface area (TPSA) is 141 Å². The highest BCUT2D eigenvalue weighted by molar-refractivity contribution is 7.84. The molecule has 0 radical (unpaired) electrons. The maximum atomic E-state index is 13.6. The van der Waals surface area contributed by atoms with Gasteiger partial charge in [-0.15, -0.1) is 0 Å². The number of hydrogen-bond acceptors (Lipinski definition) is 7. The van der Waals surface area contributed by atoms with Crippen LogP contribution in [0.15, 0.2) is 24.5 Å². The van der Waals surface area contributed by atoms with Gasteiger partial charge >= 0.3 is 10.3 Å². The van der Waals surface area contributed by atoms with Gasteiger partial charge < -0.3 is 9.50 Å². The summed E-state index contributed by atoms with van der Waals surface area (Å²) in [6.07, 6.45) is 8.31. The number of ketones is 1. The molecule has 1 amide bonds. The van der Waals surface area contributed by atoms with Crippen LogP contribution in [0.3, 0.4) is 0 Å². The van der Waals surface area contributed by atoms with E-state index in [1.165, 1.54) is 5.56 Å². The van der Waals surface area contributed by atoms with Gasteiger partial charge in [0.1, 0.15) is 11.5 Å². The number of fused-ring (bicyclic) bond motifs is 5. The van der Waals surface area contributed by atoms with E-state index in [1.807, 2.05) is 19.9 Å². The van der Waals surface area contributed by atoms with Gasteiger partial charge in [-0.05, 0) is 86.0 Å². The molecule has 2 saturated carbocycles. The highest BCUT2D eigenvalue weighted by atomic mass is 32.2. The monoisotopic (exact) mass is 540 g/mol. The summed E-state index contributed by atoms with van der Waals surface area (Å²) in [6.45, 7) is 6.23. The predicted molar refractivity (Wildman–Crippen MR) is 141 cm³/mol. The number of nitrogens with two attached hydrogens (primary N) is 1. The molecule has 3 N–H and O–H groups in total. The molecule has 2 aromatic rings. The lowest BCUT2D eigenvalue weighted by molar-refractivity contribution is -0.134. The highest BCUT2D eigenvalue weighted by Crippen LogP contribution is 2.61. The minimum absolute atomic E-state index is 0.131. The van der Waals surface area contributed by atoms with E-state index in [4.69, 9.17) is 9.32 Å². The number of aryl methyl sites for hydroxylation is 3. The average molecular weight is 541 g/mol. The molecule has 2 fully saturated rings. The van der Waals surface area contributed by atoms with Crippen LogP contribution in [0.1, 0.15) is 79.9 Å². The first kappa shape index (κ1) is 26.7. The number of Topliss-reactive ketones (excluding diaryl/α,β-unsaturated/α-hetero) is 1. The van der Waals surface area contributed by atoms with Crippen LogP contribution in [0.4, 0.5) is 0 Å². The first-order chi connectivity index (χ1) is 18.0. The first-order valence-corrected chi connectivity index (χ1v) is 14.9. The molecule has 3 aliphatic rings. The van der Waals surface area contributed by atoms with E-state index in [9.17, 15) is 18.0 Å². The Kier molecular flexibility index (Phi) is 7.06. The molecular formula is C28H36N4O5S. The third kappa shape index (κ3) is 5.08. The first-order valence-electron chi connectivity index (χ1n) is 13.4. The second-order valence-electron chi connectivity index (χ2n) is 11.4. The van der Waals surface area contributed by atoms with Gasteiger partial charge in [-0.1, -0.05) is 19.9 Å². The molecule has 9 nitrogen and oxygen atoms in total. The van der Waals surface area contributed by atoms with E-state index in [-0.39, 0.29) is 29.9 Å². The summed E-state index contributed by atoms with van der Waals surface area (Å²) in [5, 5.41) is 8.05. The number of benzene rings is 1. The van der Waals surface area contributed by atoms with E-state index in [0.29, 0.717) is 36.2 Å². The summed E-state index contributed by atoms with van der Waals surface area (Å²) in [5.74, 6) is 1.03. The predicted octanol–water partition coefficient (Wildman–Crippen LogP) is 3.29. The number of nitrogens with one attached hydrogen (secondary N) is 1. The highest BCUT2D eigenvalue weighted by Gasteiger charge is 2.58. The van der Waals surface area contributed by atoms with Crippen molar-refractivity contribution < 1.29 is 22.2 Å². The third-order valence-corrected chi connectivity index (χ3v) is 9.50. The quantitative estimate of drug-likeness (QED) is 0.549. The molecule has 0 saturated heterocycles. The van der Waals surface area contributed by atoms with Gasteiger partial charge in [0.2, 0.25) is 5.91 Å². The van der Waals surface area contributed by atoms with Crippen molar-refractivity contribution in [2.75, 3.05) is 0 Å². The number of carbonyl (C=O) groups excluding carboxylic acids is 2. The maximum Gasteiger partial charge on any atom is 0.380 e. The number of nitrogens with zero attached hydrogens (tertiary/aromatic N) is 2. The van der Waals surface area contributed by atoms with Crippen molar-refractivity contribution in [3.8, 4) is 5.75 Å². The van der Waals surface area contributed by atoms with E-state index < -0.39 is 15.7 Å². The molecule has 38 heavy (non-hydrogen) atoms. The molecule has 1 aromatic carbocycles. The summed E-state index contributed by atoms with van der Waals surface area (Å²) in [7, 11) is -4.10. The zero-order chi connectivity index (χ0) is 27.2. The summed E-state index contributed by atoms with van der Waals surface area (Å²) in [6, 6.07) is 3.93. The Hall–Kier alpha value is -2.85. The van der Waals surface area contributed by atoms with Crippen LogP contribution < -0.4 is 14.6 Å². The van der Waals surface area contributed by atoms with Crippen LogP contribution in [0.2, 0.25) is 0 Å². The van der Waals surface area contributed by atoms with Gasteiger partial charge in [0, 0.05) is 24.0 Å². The van der Waals surface area contributed by atoms with Crippen LogP contribution in [0.25, 0.3) is 0 Å². The number of carbonyl (C=O) groups is 2. The molecule has 0 bridgehead atoms. The third-order valence-electron chi connectivity index (χ3n) is 9.09. The number of aromatic nitrogens is 2. The zero-order valence-corrected chi connectivity index (χ0v) is 23.0. The number of rotatable bonds is 7. The maximum absolute atomic E-state index is 13.6. The lowest BCUT2D eigenvalue weighted by Gasteiger charge is -2.48. The van der Waals surface area contributed by atoms with Crippen molar-refractivity contribution in [2.24, 2.45) is 28.3 Å². The second-order valence-corrected chi connectivity index (χ2v) is 12.5. The molecule has 1 heterocycles. The Morgan fingerprint density at radius 3 is 2.71 bits per heavy atom.